The third-order valence-corrected chi connectivity index (χ3v) is 4.04. The molecule has 21 heavy (non-hydrogen) atoms. The Kier molecular flexibility index (Phi) is 4.46. The number of hydrogen-bond donors (Lipinski definition) is 1. The van der Waals surface area contributed by atoms with Gasteiger partial charge in [-0.2, -0.15) is 0 Å². The number of likely N-dealkylation sites (tertiary alicyclic amines) is 1. The first-order chi connectivity index (χ1) is 10.3. The minimum atomic E-state index is 0.274. The molecule has 1 saturated heterocycles. The summed E-state index contributed by atoms with van der Waals surface area (Å²) in [6, 6.07) is 8.25. The van der Waals surface area contributed by atoms with Gasteiger partial charge in [0.25, 0.3) is 0 Å². The number of aromatic nitrogens is 1. The largest absolute Gasteiger partial charge is 0.343 e. The number of nitrogens with one attached hydrogen (secondary N) is 1. The Morgan fingerprint density at radius 3 is 2.86 bits per heavy atom. The van der Waals surface area contributed by atoms with Gasteiger partial charge in [0.05, 0.1) is 0 Å². The number of carbonyl (C=O) groups is 1. The van der Waals surface area contributed by atoms with Crippen LogP contribution in [0.2, 0.25) is 0 Å². The lowest BCUT2D eigenvalue weighted by atomic mass is 10.1. The number of amides is 1. The Bertz CT molecular complexity index is 615. The summed E-state index contributed by atoms with van der Waals surface area (Å²) in [5.74, 6) is 0.274. The molecule has 2 aromatic rings. The van der Waals surface area contributed by atoms with Crippen molar-refractivity contribution in [1.29, 1.82) is 0 Å². The second kappa shape index (κ2) is 6.68. The first-order valence-corrected chi connectivity index (χ1v) is 7.65. The average molecular weight is 283 g/mol. The van der Waals surface area contributed by atoms with Crippen molar-refractivity contribution in [2.24, 2.45) is 0 Å². The molecule has 0 bridgehead atoms. The molecule has 0 atom stereocenters. The molecule has 1 N–H and O–H groups in total. The van der Waals surface area contributed by atoms with Crippen LogP contribution in [0.5, 0.6) is 0 Å². The van der Waals surface area contributed by atoms with Crippen molar-refractivity contribution >= 4 is 16.7 Å². The van der Waals surface area contributed by atoms with Crippen LogP contribution in [0.15, 0.2) is 36.7 Å². The number of rotatable bonds is 5. The summed E-state index contributed by atoms with van der Waals surface area (Å²) in [7, 11) is 0. The predicted molar refractivity (Wildman–Crippen MR) is 83.9 cm³/mol. The maximum atomic E-state index is 11.9. The number of hydrogen-bond acceptors (Lipinski definition) is 3. The normalized spacial score (nSPS) is 14.8. The zero-order valence-corrected chi connectivity index (χ0v) is 12.2. The van der Waals surface area contributed by atoms with Gasteiger partial charge in [-0.05, 0) is 23.8 Å². The third kappa shape index (κ3) is 3.39. The van der Waals surface area contributed by atoms with E-state index in [-0.39, 0.29) is 5.91 Å². The molecule has 4 nitrogen and oxygen atoms in total. The second-order valence-electron chi connectivity index (χ2n) is 5.53. The van der Waals surface area contributed by atoms with Crippen molar-refractivity contribution in [2.45, 2.75) is 25.8 Å². The van der Waals surface area contributed by atoms with E-state index >= 15 is 0 Å². The molecule has 1 fully saturated rings. The average Bonchev–Trinajstić information content (AvgIpc) is 3.06. The van der Waals surface area contributed by atoms with Crippen molar-refractivity contribution in [3.8, 4) is 0 Å². The van der Waals surface area contributed by atoms with Crippen LogP contribution in [0.4, 0.5) is 0 Å². The molecule has 1 amide bonds. The maximum absolute atomic E-state index is 11.9. The van der Waals surface area contributed by atoms with E-state index < -0.39 is 0 Å². The Labute approximate surface area is 125 Å². The van der Waals surface area contributed by atoms with Crippen molar-refractivity contribution in [3.05, 3.63) is 42.2 Å². The van der Waals surface area contributed by atoms with Crippen molar-refractivity contribution < 1.29 is 4.79 Å². The van der Waals surface area contributed by atoms with Crippen molar-refractivity contribution in [3.63, 3.8) is 0 Å². The van der Waals surface area contributed by atoms with Gasteiger partial charge < -0.3 is 10.2 Å². The van der Waals surface area contributed by atoms with E-state index in [1.807, 2.05) is 29.4 Å². The minimum absolute atomic E-state index is 0.274. The molecule has 0 unspecified atom stereocenters. The molecule has 110 valence electrons. The highest BCUT2D eigenvalue weighted by Gasteiger charge is 2.16. The van der Waals surface area contributed by atoms with Gasteiger partial charge in [0.1, 0.15) is 0 Å². The number of benzene rings is 1. The van der Waals surface area contributed by atoms with Crippen molar-refractivity contribution in [1.82, 2.24) is 15.2 Å². The number of carbonyl (C=O) groups excluding carboxylic acids is 1. The summed E-state index contributed by atoms with van der Waals surface area (Å²) >= 11 is 0. The minimum Gasteiger partial charge on any atom is -0.343 e. The fourth-order valence-electron chi connectivity index (χ4n) is 2.86. The fraction of sp³-hybridized carbons (Fsp3) is 0.412. The molecule has 0 saturated carbocycles. The lowest BCUT2D eigenvalue weighted by Crippen LogP contribution is -2.30. The smallest absolute Gasteiger partial charge is 0.223 e. The maximum Gasteiger partial charge on any atom is 0.223 e. The van der Waals surface area contributed by atoms with Crippen LogP contribution in [-0.4, -0.2) is 35.4 Å². The van der Waals surface area contributed by atoms with Gasteiger partial charge in [0, 0.05) is 50.4 Å². The molecule has 4 heteroatoms. The lowest BCUT2D eigenvalue weighted by molar-refractivity contribution is -0.130. The summed E-state index contributed by atoms with van der Waals surface area (Å²) in [4.78, 5) is 18.2. The summed E-state index contributed by atoms with van der Waals surface area (Å²) in [5, 5.41) is 5.75. The van der Waals surface area contributed by atoms with E-state index in [4.69, 9.17) is 0 Å². The standard InChI is InChI=1S/C17H21N3O/c21-17(20-9-3-4-10-20)7-8-18-12-15-13-19-11-14-5-1-2-6-16(14)15/h1-2,5-6,11,13,18H,3-4,7-10,12H2. The Balaban J connectivity index is 1.51. The van der Waals surface area contributed by atoms with Crippen LogP contribution in [0.3, 0.4) is 0 Å². The summed E-state index contributed by atoms with van der Waals surface area (Å²) in [6.45, 7) is 3.35. The van der Waals surface area contributed by atoms with Gasteiger partial charge in [0.2, 0.25) is 5.91 Å². The van der Waals surface area contributed by atoms with Gasteiger partial charge in [-0.15, -0.1) is 0 Å². The fourth-order valence-corrected chi connectivity index (χ4v) is 2.86. The predicted octanol–water partition coefficient (Wildman–Crippen LogP) is 2.34. The van der Waals surface area contributed by atoms with Gasteiger partial charge in [0.15, 0.2) is 0 Å². The molecule has 0 radical (unpaired) electrons. The van der Waals surface area contributed by atoms with Crippen LogP contribution in [0.1, 0.15) is 24.8 Å². The van der Waals surface area contributed by atoms with Crippen molar-refractivity contribution in [2.75, 3.05) is 19.6 Å². The van der Waals surface area contributed by atoms with Crippen LogP contribution in [0, 0.1) is 0 Å². The van der Waals surface area contributed by atoms with Crippen LogP contribution in [0.25, 0.3) is 10.8 Å². The lowest BCUT2D eigenvalue weighted by Gasteiger charge is -2.15. The highest BCUT2D eigenvalue weighted by molar-refractivity contribution is 5.84. The monoisotopic (exact) mass is 283 g/mol. The van der Waals surface area contributed by atoms with Gasteiger partial charge in [-0.1, -0.05) is 24.3 Å². The number of fused-ring (bicyclic) bond motifs is 1. The molecule has 1 aromatic carbocycles. The summed E-state index contributed by atoms with van der Waals surface area (Å²) in [5.41, 5.74) is 1.18. The highest BCUT2D eigenvalue weighted by atomic mass is 16.2. The molecule has 1 aliphatic rings. The Hall–Kier alpha value is -1.94. The second-order valence-corrected chi connectivity index (χ2v) is 5.53. The van der Waals surface area contributed by atoms with E-state index in [9.17, 15) is 4.79 Å². The molecular weight excluding hydrogens is 262 g/mol. The Morgan fingerprint density at radius 2 is 2.00 bits per heavy atom. The first-order valence-electron chi connectivity index (χ1n) is 7.65. The van der Waals surface area contributed by atoms with Crippen LogP contribution in [-0.2, 0) is 11.3 Å². The van der Waals surface area contributed by atoms with Crippen LogP contribution < -0.4 is 5.32 Å². The summed E-state index contributed by atoms with van der Waals surface area (Å²) in [6.07, 6.45) is 6.67. The van der Waals surface area contributed by atoms with E-state index in [1.165, 1.54) is 10.9 Å². The highest BCUT2D eigenvalue weighted by Crippen LogP contribution is 2.16. The zero-order valence-electron chi connectivity index (χ0n) is 12.2. The number of pyridine rings is 1. The summed E-state index contributed by atoms with van der Waals surface area (Å²) < 4.78 is 0. The molecule has 1 aliphatic heterocycles. The zero-order chi connectivity index (χ0) is 14.5. The van der Waals surface area contributed by atoms with E-state index in [0.717, 1.165) is 44.4 Å². The molecule has 1 aromatic heterocycles. The van der Waals surface area contributed by atoms with Crippen LogP contribution >= 0.6 is 0 Å². The molecule has 2 heterocycles. The molecule has 0 spiro atoms. The molecule has 0 aliphatic carbocycles. The number of nitrogens with zero attached hydrogens (tertiary/aromatic N) is 2. The topological polar surface area (TPSA) is 45.2 Å². The van der Waals surface area contributed by atoms with Gasteiger partial charge in [-0.25, -0.2) is 0 Å². The van der Waals surface area contributed by atoms with Gasteiger partial charge >= 0.3 is 0 Å². The van der Waals surface area contributed by atoms with Gasteiger partial charge in [-0.3, -0.25) is 9.78 Å². The third-order valence-electron chi connectivity index (χ3n) is 4.04. The molecule has 3 rings (SSSR count). The quantitative estimate of drug-likeness (QED) is 0.857. The van der Waals surface area contributed by atoms with E-state index in [2.05, 4.69) is 22.4 Å². The van der Waals surface area contributed by atoms with E-state index in [0.29, 0.717) is 6.42 Å². The Morgan fingerprint density at radius 1 is 1.19 bits per heavy atom. The first kappa shape index (κ1) is 14.0. The molecular formula is C17H21N3O. The van der Waals surface area contributed by atoms with E-state index in [1.54, 1.807) is 0 Å². The SMILES string of the molecule is O=C(CCNCc1cncc2ccccc12)N1CCCC1.